The zero-order chi connectivity index (χ0) is 12.1. The summed E-state index contributed by atoms with van der Waals surface area (Å²) >= 11 is 0. The fourth-order valence-corrected chi connectivity index (χ4v) is 1.19. The normalized spacial score (nSPS) is 9.94. The van der Waals surface area contributed by atoms with Gasteiger partial charge in [0.1, 0.15) is 6.54 Å². The molecular weight excluding hydrogens is 210 g/mol. The number of carboxylic acids is 1. The molecule has 1 N–H and O–H groups in total. The lowest BCUT2D eigenvalue weighted by atomic mass is 10.4. The third-order valence-electron chi connectivity index (χ3n) is 1.82. The smallest absolute Gasteiger partial charge is 0.323 e. The summed E-state index contributed by atoms with van der Waals surface area (Å²) in [5.74, 6) is -0.112. The minimum Gasteiger partial charge on any atom is -0.480 e. The minimum absolute atomic E-state index is 0.144. The summed E-state index contributed by atoms with van der Waals surface area (Å²) in [6, 6.07) is 1.71. The van der Waals surface area contributed by atoms with E-state index in [1.54, 1.807) is 13.1 Å². The first-order valence-electron chi connectivity index (χ1n) is 4.94. The molecule has 0 aliphatic heterocycles. The van der Waals surface area contributed by atoms with Crippen molar-refractivity contribution in [1.82, 2.24) is 9.97 Å². The van der Waals surface area contributed by atoms with Crippen LogP contribution < -0.4 is 9.64 Å². The maximum atomic E-state index is 10.6. The molecule has 1 aromatic rings. The van der Waals surface area contributed by atoms with Crippen molar-refractivity contribution in [2.24, 2.45) is 0 Å². The summed E-state index contributed by atoms with van der Waals surface area (Å²) in [6.07, 6.45) is 0. The van der Waals surface area contributed by atoms with Crippen molar-refractivity contribution >= 4 is 11.9 Å². The van der Waals surface area contributed by atoms with Gasteiger partial charge in [0, 0.05) is 18.8 Å². The Bertz CT molecular complexity index is 382. The molecule has 0 aromatic carbocycles. The van der Waals surface area contributed by atoms with Gasteiger partial charge in [0.2, 0.25) is 11.8 Å². The maximum absolute atomic E-state index is 10.6. The lowest BCUT2D eigenvalue weighted by Gasteiger charge is -2.15. The van der Waals surface area contributed by atoms with E-state index in [9.17, 15) is 4.79 Å². The summed E-state index contributed by atoms with van der Waals surface area (Å²) < 4.78 is 5.26. The van der Waals surface area contributed by atoms with Crippen LogP contribution in [0.4, 0.5) is 5.95 Å². The van der Waals surface area contributed by atoms with Crippen LogP contribution in [-0.2, 0) is 4.79 Å². The van der Waals surface area contributed by atoms with Gasteiger partial charge in [-0.05, 0) is 13.8 Å². The highest BCUT2D eigenvalue weighted by atomic mass is 16.5. The maximum Gasteiger partial charge on any atom is 0.323 e. The number of likely N-dealkylation sites (N-methyl/N-ethyl adjacent to an activating group) is 1. The van der Waals surface area contributed by atoms with Crippen LogP contribution in [0.3, 0.4) is 0 Å². The molecule has 6 heteroatoms. The fourth-order valence-electron chi connectivity index (χ4n) is 1.19. The number of nitrogens with zero attached hydrogens (tertiary/aromatic N) is 3. The average Bonchev–Trinajstić information content (AvgIpc) is 2.16. The third-order valence-corrected chi connectivity index (χ3v) is 1.82. The third kappa shape index (κ3) is 3.38. The van der Waals surface area contributed by atoms with Gasteiger partial charge in [-0.2, -0.15) is 4.98 Å². The van der Waals surface area contributed by atoms with Gasteiger partial charge in [0.25, 0.3) is 0 Å². The number of anilines is 1. The predicted octanol–water partition coefficient (Wildman–Crippen LogP) is 0.705. The van der Waals surface area contributed by atoms with Crippen LogP contribution in [0.5, 0.6) is 5.88 Å². The van der Waals surface area contributed by atoms with E-state index in [4.69, 9.17) is 9.84 Å². The van der Waals surface area contributed by atoms with Gasteiger partial charge in [0.15, 0.2) is 0 Å². The van der Waals surface area contributed by atoms with Gasteiger partial charge >= 0.3 is 5.97 Å². The minimum atomic E-state index is -0.925. The van der Waals surface area contributed by atoms with Crippen LogP contribution in [0.2, 0.25) is 0 Å². The predicted molar refractivity (Wildman–Crippen MR) is 58.8 cm³/mol. The van der Waals surface area contributed by atoms with Crippen molar-refractivity contribution in [1.29, 1.82) is 0 Å². The second-order valence-electron chi connectivity index (χ2n) is 3.33. The molecule has 0 bridgehead atoms. The molecule has 0 unspecified atom stereocenters. The van der Waals surface area contributed by atoms with E-state index < -0.39 is 5.97 Å². The topological polar surface area (TPSA) is 75.5 Å². The van der Waals surface area contributed by atoms with E-state index in [2.05, 4.69) is 9.97 Å². The summed E-state index contributed by atoms with van der Waals surface area (Å²) in [5.41, 5.74) is 0.741. The molecule has 0 aliphatic carbocycles. The Hall–Kier alpha value is -1.85. The van der Waals surface area contributed by atoms with Crippen molar-refractivity contribution in [3.05, 3.63) is 11.8 Å². The molecule has 0 radical (unpaired) electrons. The molecule has 16 heavy (non-hydrogen) atoms. The Morgan fingerprint density at radius 2 is 2.25 bits per heavy atom. The zero-order valence-electron chi connectivity index (χ0n) is 9.60. The Kier molecular flexibility index (Phi) is 4.04. The molecule has 1 heterocycles. The molecule has 0 fully saturated rings. The highest BCUT2D eigenvalue weighted by molar-refractivity contribution is 5.72. The van der Waals surface area contributed by atoms with Gasteiger partial charge in [-0.1, -0.05) is 0 Å². The first-order chi connectivity index (χ1) is 7.52. The van der Waals surface area contributed by atoms with Crippen LogP contribution in [0.25, 0.3) is 0 Å². The van der Waals surface area contributed by atoms with E-state index in [0.29, 0.717) is 18.4 Å². The number of hydrogen-bond donors (Lipinski definition) is 1. The van der Waals surface area contributed by atoms with Gasteiger partial charge in [-0.25, -0.2) is 4.98 Å². The van der Waals surface area contributed by atoms with Crippen LogP contribution in [0.1, 0.15) is 12.6 Å². The van der Waals surface area contributed by atoms with Crippen LogP contribution in [0.15, 0.2) is 6.07 Å². The molecule has 0 saturated heterocycles. The highest BCUT2D eigenvalue weighted by Crippen LogP contribution is 2.14. The monoisotopic (exact) mass is 225 g/mol. The van der Waals surface area contributed by atoms with Gasteiger partial charge in [-0.15, -0.1) is 0 Å². The van der Waals surface area contributed by atoms with Gasteiger partial charge in [-0.3, -0.25) is 4.79 Å². The molecule has 0 amide bonds. The van der Waals surface area contributed by atoms with Crippen LogP contribution >= 0.6 is 0 Å². The standard InChI is InChI=1S/C10H15N3O3/c1-4-16-8-5-7(2)11-10(12-8)13(3)6-9(14)15/h5H,4,6H2,1-3H3,(H,14,15). The lowest BCUT2D eigenvalue weighted by molar-refractivity contribution is -0.135. The molecule has 0 spiro atoms. The number of ether oxygens (including phenoxy) is 1. The molecule has 88 valence electrons. The Morgan fingerprint density at radius 3 is 2.81 bits per heavy atom. The highest BCUT2D eigenvalue weighted by Gasteiger charge is 2.10. The van der Waals surface area contributed by atoms with Crippen molar-refractivity contribution < 1.29 is 14.6 Å². The summed E-state index contributed by atoms with van der Waals surface area (Å²) in [5, 5.41) is 8.66. The van der Waals surface area contributed by atoms with Crippen LogP contribution in [0, 0.1) is 6.92 Å². The number of carbonyl (C=O) groups is 1. The van der Waals surface area contributed by atoms with Gasteiger partial charge in [0.05, 0.1) is 6.61 Å². The molecule has 0 aliphatic rings. The number of aryl methyl sites for hydroxylation is 1. The first-order valence-corrected chi connectivity index (χ1v) is 4.94. The second kappa shape index (κ2) is 5.29. The molecule has 6 nitrogen and oxygen atoms in total. The molecule has 1 rings (SSSR count). The Labute approximate surface area is 93.9 Å². The first kappa shape index (κ1) is 12.2. The molecule has 0 saturated carbocycles. The quantitative estimate of drug-likeness (QED) is 0.795. The number of hydrogen-bond acceptors (Lipinski definition) is 5. The van der Waals surface area contributed by atoms with Crippen molar-refractivity contribution in [3.8, 4) is 5.88 Å². The summed E-state index contributed by atoms with van der Waals surface area (Å²) in [4.78, 5) is 20.3. The van der Waals surface area contributed by atoms with Crippen molar-refractivity contribution in [2.75, 3.05) is 25.1 Å². The van der Waals surface area contributed by atoms with Crippen LogP contribution in [-0.4, -0.2) is 41.2 Å². The lowest BCUT2D eigenvalue weighted by Crippen LogP contribution is -2.27. The van der Waals surface area contributed by atoms with Crippen molar-refractivity contribution in [3.63, 3.8) is 0 Å². The van der Waals surface area contributed by atoms with Gasteiger partial charge < -0.3 is 14.7 Å². The molecule has 0 atom stereocenters. The summed E-state index contributed by atoms with van der Waals surface area (Å²) in [7, 11) is 1.62. The van der Waals surface area contributed by atoms with E-state index in [-0.39, 0.29) is 6.54 Å². The Balaban J connectivity index is 2.90. The average molecular weight is 225 g/mol. The van der Waals surface area contributed by atoms with Crippen molar-refractivity contribution in [2.45, 2.75) is 13.8 Å². The Morgan fingerprint density at radius 1 is 1.56 bits per heavy atom. The number of aromatic nitrogens is 2. The van der Waals surface area contributed by atoms with E-state index in [1.807, 2.05) is 13.8 Å². The SMILES string of the molecule is CCOc1cc(C)nc(N(C)CC(=O)O)n1. The van der Waals surface area contributed by atoms with E-state index in [0.717, 1.165) is 5.69 Å². The molecular formula is C10H15N3O3. The van der Waals surface area contributed by atoms with E-state index >= 15 is 0 Å². The van der Waals surface area contributed by atoms with E-state index in [1.165, 1.54) is 4.90 Å². The number of carboxylic acid groups (broad SMARTS) is 1. The summed E-state index contributed by atoms with van der Waals surface area (Å²) in [6.45, 7) is 4.04. The second-order valence-corrected chi connectivity index (χ2v) is 3.33. The largest absolute Gasteiger partial charge is 0.480 e. The zero-order valence-corrected chi connectivity index (χ0v) is 9.60. The number of aliphatic carboxylic acids is 1. The number of rotatable bonds is 5. The molecule has 1 aromatic heterocycles. The fraction of sp³-hybridized carbons (Fsp3) is 0.500.